The molecule has 0 saturated carbocycles. The van der Waals surface area contributed by atoms with Crippen molar-refractivity contribution < 1.29 is 8.78 Å². The first kappa shape index (κ1) is 15.3. The van der Waals surface area contributed by atoms with Gasteiger partial charge in [-0.25, -0.2) is 8.78 Å². The van der Waals surface area contributed by atoms with Gasteiger partial charge >= 0.3 is 0 Å². The number of halogens is 4. The molecule has 0 bridgehead atoms. The molecule has 1 atom stereocenters. The minimum absolute atomic E-state index is 0.109. The van der Waals surface area contributed by atoms with E-state index in [9.17, 15) is 8.78 Å². The topological polar surface area (TPSA) is 12.0 Å². The summed E-state index contributed by atoms with van der Waals surface area (Å²) in [7, 11) is 0. The molecule has 2 aromatic rings. The molecule has 5 heteroatoms. The van der Waals surface area contributed by atoms with Crippen LogP contribution in [0.5, 0.6) is 0 Å². The Morgan fingerprint density at radius 2 is 1.80 bits per heavy atom. The van der Waals surface area contributed by atoms with Gasteiger partial charge in [0.1, 0.15) is 11.6 Å². The largest absolute Gasteiger partial charge is 0.376 e. The van der Waals surface area contributed by atoms with Crippen molar-refractivity contribution >= 4 is 33.2 Å². The fraction of sp³-hybridized carbons (Fsp3) is 0.200. The van der Waals surface area contributed by atoms with Crippen molar-refractivity contribution in [2.75, 3.05) is 5.32 Å². The first-order valence-electron chi connectivity index (χ1n) is 6.17. The second kappa shape index (κ2) is 6.55. The lowest BCUT2D eigenvalue weighted by molar-refractivity contribution is 0.593. The summed E-state index contributed by atoms with van der Waals surface area (Å²) in [6, 6.07) is 9.46. The molecule has 0 fully saturated rings. The van der Waals surface area contributed by atoms with Gasteiger partial charge in [-0.2, -0.15) is 0 Å². The molecule has 106 valence electrons. The van der Waals surface area contributed by atoms with E-state index in [1.807, 2.05) is 19.1 Å². The predicted molar refractivity (Wildman–Crippen MR) is 82.2 cm³/mol. The smallest absolute Gasteiger partial charge is 0.147 e. The van der Waals surface area contributed by atoms with Crippen molar-refractivity contribution in [1.29, 1.82) is 0 Å². The Kier molecular flexibility index (Phi) is 5.00. The van der Waals surface area contributed by atoms with E-state index in [-0.39, 0.29) is 16.2 Å². The quantitative estimate of drug-likeness (QED) is 0.665. The Balaban J connectivity index is 2.26. The third kappa shape index (κ3) is 3.49. The van der Waals surface area contributed by atoms with Crippen LogP contribution < -0.4 is 5.32 Å². The van der Waals surface area contributed by atoms with Gasteiger partial charge < -0.3 is 5.32 Å². The molecule has 1 unspecified atom stereocenters. The van der Waals surface area contributed by atoms with E-state index in [1.54, 1.807) is 12.1 Å². The molecular weight excluding hydrogens is 348 g/mol. The van der Waals surface area contributed by atoms with Gasteiger partial charge in [-0.05, 0) is 46.1 Å². The highest BCUT2D eigenvalue weighted by atomic mass is 79.9. The third-order valence-electron chi connectivity index (χ3n) is 3.02. The van der Waals surface area contributed by atoms with Crippen LogP contribution in [0, 0.1) is 11.6 Å². The Labute approximate surface area is 130 Å². The second-order valence-electron chi connectivity index (χ2n) is 4.40. The zero-order valence-corrected chi connectivity index (χ0v) is 13.1. The van der Waals surface area contributed by atoms with E-state index < -0.39 is 11.6 Å². The van der Waals surface area contributed by atoms with E-state index in [4.69, 9.17) is 11.6 Å². The van der Waals surface area contributed by atoms with Crippen molar-refractivity contribution in [2.45, 2.75) is 19.4 Å². The lowest BCUT2D eigenvalue weighted by Crippen LogP contribution is -2.11. The maximum atomic E-state index is 13.8. The van der Waals surface area contributed by atoms with Crippen molar-refractivity contribution in [3.8, 4) is 0 Å². The van der Waals surface area contributed by atoms with Gasteiger partial charge in [0.2, 0.25) is 0 Å². The van der Waals surface area contributed by atoms with Gasteiger partial charge in [0.05, 0.1) is 16.2 Å². The second-order valence-corrected chi connectivity index (χ2v) is 5.69. The Morgan fingerprint density at radius 3 is 2.40 bits per heavy atom. The number of anilines is 1. The molecule has 0 aliphatic rings. The summed E-state index contributed by atoms with van der Waals surface area (Å²) in [5, 5.41) is 3.66. The first-order valence-corrected chi connectivity index (χ1v) is 7.35. The van der Waals surface area contributed by atoms with Crippen LogP contribution in [0.15, 0.2) is 40.9 Å². The number of benzene rings is 2. The van der Waals surface area contributed by atoms with Gasteiger partial charge in [0, 0.05) is 11.1 Å². The van der Waals surface area contributed by atoms with E-state index in [0.29, 0.717) is 5.02 Å². The average molecular weight is 361 g/mol. The fourth-order valence-electron chi connectivity index (χ4n) is 1.94. The standard InChI is InChI=1S/C15H13BrClF2N/c1-2-14(9-3-5-10(17)6-4-9)20-15-8-12(18)11(16)7-13(15)19/h3-8,14,20H,2H2,1H3. The van der Waals surface area contributed by atoms with Crippen molar-refractivity contribution in [3.05, 3.63) is 63.1 Å². The summed E-state index contributed by atoms with van der Waals surface area (Å²) in [4.78, 5) is 0. The maximum Gasteiger partial charge on any atom is 0.147 e. The molecule has 20 heavy (non-hydrogen) atoms. The van der Waals surface area contributed by atoms with Crippen molar-refractivity contribution in [2.24, 2.45) is 0 Å². The summed E-state index contributed by atoms with van der Waals surface area (Å²) in [6.45, 7) is 1.97. The zero-order chi connectivity index (χ0) is 14.7. The highest BCUT2D eigenvalue weighted by Crippen LogP contribution is 2.28. The monoisotopic (exact) mass is 359 g/mol. The molecule has 0 saturated heterocycles. The molecule has 0 heterocycles. The lowest BCUT2D eigenvalue weighted by Gasteiger charge is -2.19. The molecule has 0 spiro atoms. The molecule has 0 radical (unpaired) electrons. The molecule has 1 N–H and O–H groups in total. The minimum atomic E-state index is -0.500. The average Bonchev–Trinajstić information content (AvgIpc) is 2.42. The van der Waals surface area contributed by atoms with Crippen LogP contribution in [-0.4, -0.2) is 0 Å². The minimum Gasteiger partial charge on any atom is -0.376 e. The molecule has 0 amide bonds. The molecule has 2 rings (SSSR count). The Hall–Kier alpha value is -1.13. The Bertz CT molecular complexity index is 602. The SMILES string of the molecule is CCC(Nc1cc(F)c(Br)cc1F)c1ccc(Cl)cc1. The van der Waals surface area contributed by atoms with Crippen molar-refractivity contribution in [3.63, 3.8) is 0 Å². The van der Waals surface area contributed by atoms with Crippen LogP contribution in [0.4, 0.5) is 14.5 Å². The molecule has 2 aromatic carbocycles. The predicted octanol–water partition coefficient (Wildman–Crippen LogP) is 5.94. The molecule has 1 nitrogen and oxygen atoms in total. The van der Waals surface area contributed by atoms with E-state index in [0.717, 1.165) is 24.1 Å². The molecule has 0 aromatic heterocycles. The van der Waals surface area contributed by atoms with Crippen LogP contribution in [0.3, 0.4) is 0 Å². The van der Waals surface area contributed by atoms with Gasteiger partial charge in [-0.3, -0.25) is 0 Å². The molecule has 0 aliphatic carbocycles. The Morgan fingerprint density at radius 1 is 1.15 bits per heavy atom. The maximum absolute atomic E-state index is 13.8. The highest BCUT2D eigenvalue weighted by Gasteiger charge is 2.14. The third-order valence-corrected chi connectivity index (χ3v) is 3.88. The number of nitrogens with one attached hydrogen (secondary N) is 1. The summed E-state index contributed by atoms with van der Waals surface area (Å²) in [5.74, 6) is -0.995. The highest BCUT2D eigenvalue weighted by molar-refractivity contribution is 9.10. The van der Waals surface area contributed by atoms with E-state index in [1.165, 1.54) is 0 Å². The van der Waals surface area contributed by atoms with E-state index >= 15 is 0 Å². The number of hydrogen-bond donors (Lipinski definition) is 1. The number of rotatable bonds is 4. The fourth-order valence-corrected chi connectivity index (χ4v) is 2.38. The van der Waals surface area contributed by atoms with Crippen LogP contribution in [-0.2, 0) is 0 Å². The van der Waals surface area contributed by atoms with Gasteiger partial charge in [0.15, 0.2) is 0 Å². The molecular formula is C15H13BrClF2N. The van der Waals surface area contributed by atoms with Gasteiger partial charge in [-0.15, -0.1) is 0 Å². The summed E-state index contributed by atoms with van der Waals surface area (Å²) in [5.41, 5.74) is 1.12. The summed E-state index contributed by atoms with van der Waals surface area (Å²) < 4.78 is 27.4. The normalized spacial score (nSPS) is 12.2. The van der Waals surface area contributed by atoms with Crippen molar-refractivity contribution in [1.82, 2.24) is 0 Å². The first-order chi connectivity index (χ1) is 9.51. The zero-order valence-electron chi connectivity index (χ0n) is 10.8. The van der Waals surface area contributed by atoms with Crippen LogP contribution >= 0.6 is 27.5 Å². The van der Waals surface area contributed by atoms with Crippen LogP contribution in [0.25, 0.3) is 0 Å². The molecule has 0 aliphatic heterocycles. The van der Waals surface area contributed by atoms with Crippen LogP contribution in [0.1, 0.15) is 24.9 Å². The van der Waals surface area contributed by atoms with Crippen LogP contribution in [0.2, 0.25) is 5.02 Å². The summed E-state index contributed by atoms with van der Waals surface area (Å²) in [6.07, 6.45) is 0.735. The lowest BCUT2D eigenvalue weighted by atomic mass is 10.0. The number of hydrogen-bond acceptors (Lipinski definition) is 1. The van der Waals surface area contributed by atoms with Gasteiger partial charge in [0.25, 0.3) is 0 Å². The van der Waals surface area contributed by atoms with Gasteiger partial charge in [-0.1, -0.05) is 30.7 Å². The summed E-state index contributed by atoms with van der Waals surface area (Å²) >= 11 is 8.81. The van der Waals surface area contributed by atoms with E-state index in [2.05, 4.69) is 21.2 Å².